The van der Waals surface area contributed by atoms with Crippen LogP contribution in [0.4, 0.5) is 15.8 Å². The van der Waals surface area contributed by atoms with Crippen LogP contribution >= 0.6 is 0 Å². The van der Waals surface area contributed by atoms with Crippen molar-refractivity contribution in [3.63, 3.8) is 0 Å². The maximum Gasteiger partial charge on any atom is 0.225 e. The van der Waals surface area contributed by atoms with Crippen LogP contribution in [0.15, 0.2) is 18.2 Å². The van der Waals surface area contributed by atoms with Crippen molar-refractivity contribution >= 4 is 17.3 Å². The molecule has 0 radical (unpaired) electrons. The fraction of sp³-hybridized carbons (Fsp3) is 0.533. The van der Waals surface area contributed by atoms with E-state index in [-0.39, 0.29) is 18.0 Å². The zero-order valence-corrected chi connectivity index (χ0v) is 12.8. The van der Waals surface area contributed by atoms with Gasteiger partial charge in [0.2, 0.25) is 5.91 Å². The lowest BCUT2D eigenvalue weighted by Gasteiger charge is -2.27. The molecule has 5 nitrogen and oxygen atoms in total. The molecule has 0 heterocycles. The summed E-state index contributed by atoms with van der Waals surface area (Å²) in [6.45, 7) is 7.10. The largest absolute Gasteiger partial charge is 0.399 e. The number of rotatable bonds is 7. The number of amides is 1. The summed E-state index contributed by atoms with van der Waals surface area (Å²) in [5.74, 6) is -0.796. The highest BCUT2D eigenvalue weighted by molar-refractivity contribution is 5.91. The van der Waals surface area contributed by atoms with Gasteiger partial charge in [-0.15, -0.1) is 0 Å². The molecule has 0 bridgehead atoms. The number of likely N-dealkylation sites (N-methyl/N-ethyl adjacent to an activating group) is 1. The molecular weight excluding hydrogens is 273 g/mol. The van der Waals surface area contributed by atoms with Crippen molar-refractivity contribution in [2.24, 2.45) is 0 Å². The number of benzene rings is 1. The highest BCUT2D eigenvalue weighted by Gasteiger charge is 2.18. The van der Waals surface area contributed by atoms with Crippen LogP contribution in [0.25, 0.3) is 0 Å². The SMILES string of the molecule is CCN(CCC(=O)Nc1cc(N)ccc1F)CC(C)(C)O. The molecule has 0 saturated carbocycles. The Morgan fingerprint density at radius 1 is 1.48 bits per heavy atom. The maximum absolute atomic E-state index is 13.5. The van der Waals surface area contributed by atoms with Crippen LogP contribution in [-0.4, -0.2) is 41.1 Å². The average molecular weight is 297 g/mol. The van der Waals surface area contributed by atoms with E-state index in [2.05, 4.69) is 5.32 Å². The first-order valence-corrected chi connectivity index (χ1v) is 7.01. The van der Waals surface area contributed by atoms with Crippen molar-refractivity contribution < 1.29 is 14.3 Å². The Morgan fingerprint density at radius 2 is 2.14 bits per heavy atom. The molecule has 1 rings (SSSR count). The molecule has 0 aliphatic rings. The highest BCUT2D eigenvalue weighted by atomic mass is 19.1. The van der Waals surface area contributed by atoms with Gasteiger partial charge >= 0.3 is 0 Å². The third-order valence-corrected chi connectivity index (χ3v) is 2.98. The summed E-state index contributed by atoms with van der Waals surface area (Å²) in [4.78, 5) is 13.8. The number of nitrogens with zero attached hydrogens (tertiary/aromatic N) is 1. The first kappa shape index (κ1) is 17.4. The van der Waals surface area contributed by atoms with Crippen LogP contribution in [-0.2, 0) is 4.79 Å². The number of nitrogens with two attached hydrogens (primary N) is 1. The second-order valence-corrected chi connectivity index (χ2v) is 5.72. The molecule has 118 valence electrons. The molecule has 21 heavy (non-hydrogen) atoms. The Kier molecular flexibility index (Phi) is 6.11. The number of nitrogen functional groups attached to an aromatic ring is 1. The van der Waals surface area contributed by atoms with Gasteiger partial charge in [0, 0.05) is 25.2 Å². The zero-order chi connectivity index (χ0) is 16.0. The van der Waals surface area contributed by atoms with Crippen molar-refractivity contribution in [1.82, 2.24) is 4.90 Å². The van der Waals surface area contributed by atoms with Gasteiger partial charge in [-0.05, 0) is 38.6 Å². The molecular formula is C15H24FN3O2. The van der Waals surface area contributed by atoms with Gasteiger partial charge in [0.1, 0.15) is 5.82 Å². The first-order chi connectivity index (χ1) is 9.71. The Morgan fingerprint density at radius 3 is 2.71 bits per heavy atom. The predicted octanol–water partition coefficient (Wildman–Crippen LogP) is 1.83. The van der Waals surface area contributed by atoms with E-state index in [0.717, 1.165) is 6.54 Å². The third-order valence-electron chi connectivity index (χ3n) is 2.98. The summed E-state index contributed by atoms with van der Waals surface area (Å²) >= 11 is 0. The molecule has 1 aromatic carbocycles. The zero-order valence-electron chi connectivity index (χ0n) is 12.8. The number of hydrogen-bond acceptors (Lipinski definition) is 4. The molecule has 1 aromatic rings. The summed E-state index contributed by atoms with van der Waals surface area (Å²) in [5.41, 5.74) is 5.23. The molecule has 0 aliphatic heterocycles. The lowest BCUT2D eigenvalue weighted by Crippen LogP contribution is -2.39. The molecule has 0 spiro atoms. The van der Waals surface area contributed by atoms with E-state index in [4.69, 9.17) is 5.73 Å². The van der Waals surface area contributed by atoms with E-state index < -0.39 is 11.4 Å². The van der Waals surface area contributed by atoms with Gasteiger partial charge < -0.3 is 21.1 Å². The Hall–Kier alpha value is -1.66. The maximum atomic E-state index is 13.5. The predicted molar refractivity (Wildman–Crippen MR) is 82.5 cm³/mol. The topological polar surface area (TPSA) is 78.6 Å². The summed E-state index contributed by atoms with van der Waals surface area (Å²) in [7, 11) is 0. The molecule has 0 unspecified atom stereocenters. The molecule has 1 amide bonds. The molecule has 6 heteroatoms. The molecule has 0 aliphatic carbocycles. The van der Waals surface area contributed by atoms with E-state index in [0.29, 0.717) is 18.8 Å². The lowest BCUT2D eigenvalue weighted by molar-refractivity contribution is -0.116. The fourth-order valence-corrected chi connectivity index (χ4v) is 2.01. The summed E-state index contributed by atoms with van der Waals surface area (Å²) < 4.78 is 13.5. The van der Waals surface area contributed by atoms with E-state index >= 15 is 0 Å². The third kappa shape index (κ3) is 6.55. The quantitative estimate of drug-likeness (QED) is 0.671. The van der Waals surface area contributed by atoms with Crippen molar-refractivity contribution in [1.29, 1.82) is 0 Å². The number of nitrogens with one attached hydrogen (secondary N) is 1. The van der Waals surface area contributed by atoms with Gasteiger partial charge in [-0.1, -0.05) is 6.92 Å². The standard InChI is InChI=1S/C15H24FN3O2/c1-4-19(10-15(2,3)21)8-7-14(20)18-13-9-11(17)5-6-12(13)16/h5-6,9,21H,4,7-8,10,17H2,1-3H3,(H,18,20). The minimum Gasteiger partial charge on any atom is -0.399 e. The minimum atomic E-state index is -0.813. The van der Waals surface area contributed by atoms with Crippen LogP contribution in [0, 0.1) is 5.82 Å². The van der Waals surface area contributed by atoms with Crippen molar-refractivity contribution in [3.05, 3.63) is 24.0 Å². The highest BCUT2D eigenvalue weighted by Crippen LogP contribution is 2.17. The monoisotopic (exact) mass is 297 g/mol. The normalized spacial score (nSPS) is 11.7. The molecule has 0 aromatic heterocycles. The lowest BCUT2D eigenvalue weighted by atomic mass is 10.1. The Labute approximate surface area is 124 Å². The van der Waals surface area contributed by atoms with Gasteiger partial charge in [0.15, 0.2) is 0 Å². The van der Waals surface area contributed by atoms with Crippen molar-refractivity contribution in [2.75, 3.05) is 30.7 Å². The van der Waals surface area contributed by atoms with Gasteiger partial charge in [0.05, 0.1) is 11.3 Å². The number of carbonyl (C=O) groups is 1. The number of anilines is 2. The number of aliphatic hydroxyl groups is 1. The molecule has 0 atom stereocenters. The van der Waals surface area contributed by atoms with Gasteiger partial charge in [-0.25, -0.2) is 4.39 Å². The minimum absolute atomic E-state index is 0.0885. The summed E-state index contributed by atoms with van der Waals surface area (Å²) in [6, 6.07) is 4.05. The van der Waals surface area contributed by atoms with Crippen molar-refractivity contribution in [3.8, 4) is 0 Å². The molecule has 4 N–H and O–H groups in total. The summed E-state index contributed by atoms with van der Waals surface area (Å²) in [5, 5.41) is 12.3. The number of carbonyl (C=O) groups excluding carboxylic acids is 1. The average Bonchev–Trinajstić information content (AvgIpc) is 2.37. The second-order valence-electron chi connectivity index (χ2n) is 5.72. The summed E-state index contributed by atoms with van der Waals surface area (Å²) in [6.07, 6.45) is 0.220. The Balaban J connectivity index is 2.52. The number of hydrogen-bond donors (Lipinski definition) is 3. The first-order valence-electron chi connectivity index (χ1n) is 7.01. The van der Waals surface area contributed by atoms with Crippen molar-refractivity contribution in [2.45, 2.75) is 32.8 Å². The van der Waals surface area contributed by atoms with E-state index in [1.807, 2.05) is 11.8 Å². The van der Waals surface area contributed by atoms with Gasteiger partial charge in [0.25, 0.3) is 0 Å². The van der Waals surface area contributed by atoms with E-state index in [1.54, 1.807) is 13.8 Å². The second kappa shape index (κ2) is 7.38. The van der Waals surface area contributed by atoms with E-state index in [1.165, 1.54) is 18.2 Å². The van der Waals surface area contributed by atoms with Crippen LogP contribution in [0.3, 0.4) is 0 Å². The number of halogens is 1. The van der Waals surface area contributed by atoms with Gasteiger partial charge in [-0.2, -0.15) is 0 Å². The fourth-order valence-electron chi connectivity index (χ4n) is 2.01. The molecule has 0 saturated heterocycles. The van der Waals surface area contributed by atoms with E-state index in [9.17, 15) is 14.3 Å². The van der Waals surface area contributed by atoms with Crippen LogP contribution in [0.1, 0.15) is 27.2 Å². The Bertz CT molecular complexity index is 486. The smallest absolute Gasteiger partial charge is 0.225 e. The van der Waals surface area contributed by atoms with Crippen LogP contribution in [0.2, 0.25) is 0 Å². The van der Waals surface area contributed by atoms with Gasteiger partial charge in [-0.3, -0.25) is 4.79 Å². The molecule has 0 fully saturated rings. The van der Waals surface area contributed by atoms with Crippen LogP contribution in [0.5, 0.6) is 0 Å². The van der Waals surface area contributed by atoms with Crippen LogP contribution < -0.4 is 11.1 Å².